The van der Waals surface area contributed by atoms with Crippen LogP contribution in [0, 0.1) is 0 Å². The second kappa shape index (κ2) is 7.94. The molecule has 10 heteroatoms. The molecule has 0 fully saturated rings. The molecule has 2 aromatic heterocycles. The second-order valence-electron chi connectivity index (χ2n) is 6.75. The van der Waals surface area contributed by atoms with E-state index in [0.29, 0.717) is 17.5 Å². The van der Waals surface area contributed by atoms with Gasteiger partial charge in [0, 0.05) is 24.5 Å². The molecule has 3 aromatic rings. The molecule has 3 rings (SSSR count). The van der Waals surface area contributed by atoms with Crippen LogP contribution in [-0.4, -0.2) is 41.5 Å². The van der Waals surface area contributed by atoms with Crippen LogP contribution in [0.1, 0.15) is 41.8 Å². The zero-order valence-corrected chi connectivity index (χ0v) is 16.9. The summed E-state index contributed by atoms with van der Waals surface area (Å²) in [6.45, 7) is 3.91. The fourth-order valence-corrected chi connectivity index (χ4v) is 2.93. The molecule has 2 N–H and O–H groups in total. The van der Waals surface area contributed by atoms with Crippen LogP contribution >= 0.6 is 0 Å². The summed E-state index contributed by atoms with van der Waals surface area (Å²) >= 11 is 0. The normalized spacial score (nSPS) is 12.8. The van der Waals surface area contributed by atoms with Gasteiger partial charge in [0.25, 0.3) is 5.91 Å². The Morgan fingerprint density at radius 2 is 1.97 bits per heavy atom. The Bertz CT molecular complexity index is 1090. The fraction of sp³-hybridized carbons (Fsp3) is 0.350. The lowest BCUT2D eigenvalue weighted by Gasteiger charge is -2.13. The fourth-order valence-electron chi connectivity index (χ4n) is 2.93. The lowest BCUT2D eigenvalue weighted by molar-refractivity contribution is -0.140. The maximum Gasteiger partial charge on any atom is 0.433 e. The van der Waals surface area contributed by atoms with Gasteiger partial charge in [-0.05, 0) is 38.1 Å². The zero-order chi connectivity index (χ0) is 22.2. The third kappa shape index (κ3) is 3.82. The predicted octanol–water partition coefficient (Wildman–Crippen LogP) is 4.03. The summed E-state index contributed by atoms with van der Waals surface area (Å²) in [6, 6.07) is 4.59. The van der Waals surface area contributed by atoms with E-state index in [-0.39, 0.29) is 34.5 Å². The number of nitrogens with zero attached hydrogens (tertiary/aromatic N) is 3. The van der Waals surface area contributed by atoms with Crippen LogP contribution in [0.2, 0.25) is 0 Å². The van der Waals surface area contributed by atoms with E-state index in [1.54, 1.807) is 20.0 Å². The number of ether oxygens (including phenoxy) is 1. The molecule has 0 aliphatic heterocycles. The maximum absolute atomic E-state index is 13.1. The zero-order valence-electron chi connectivity index (χ0n) is 16.9. The number of hydrogen-bond acceptors (Lipinski definition) is 6. The van der Waals surface area contributed by atoms with E-state index in [4.69, 9.17) is 14.9 Å². The summed E-state index contributed by atoms with van der Waals surface area (Å²) in [6.07, 6.45) is -4.61. The number of aromatic nitrogens is 2. The summed E-state index contributed by atoms with van der Waals surface area (Å²) in [4.78, 5) is 22.2. The van der Waals surface area contributed by atoms with Crippen molar-refractivity contribution >= 4 is 16.8 Å². The first-order valence-corrected chi connectivity index (χ1v) is 9.15. The molecule has 30 heavy (non-hydrogen) atoms. The summed E-state index contributed by atoms with van der Waals surface area (Å²) in [7, 11) is 2.96. The third-order valence-electron chi connectivity index (χ3n) is 4.65. The van der Waals surface area contributed by atoms with E-state index in [1.807, 2.05) is 6.92 Å². The molecule has 0 aliphatic carbocycles. The number of hydrogen-bond donors (Lipinski definition) is 1. The SMILES string of the molecule is CCN(C)C(=O)c1nc(-c2ccc(OC)c3nc(C(F)(F)F)ccc23)oc1[C@H](C)N. The van der Waals surface area contributed by atoms with E-state index < -0.39 is 17.9 Å². The van der Waals surface area contributed by atoms with Gasteiger partial charge in [0.15, 0.2) is 11.5 Å². The molecular formula is C20H21F3N4O3. The Kier molecular flexibility index (Phi) is 5.71. The molecule has 0 bridgehead atoms. The topological polar surface area (TPSA) is 94.5 Å². The van der Waals surface area contributed by atoms with E-state index in [2.05, 4.69) is 9.97 Å². The highest BCUT2D eigenvalue weighted by Crippen LogP contribution is 2.37. The molecule has 0 spiro atoms. The molecule has 1 aromatic carbocycles. The van der Waals surface area contributed by atoms with Gasteiger partial charge in [-0.15, -0.1) is 0 Å². The number of halogens is 3. The number of alkyl halides is 3. The molecule has 0 radical (unpaired) electrons. The molecule has 1 atom stereocenters. The van der Waals surface area contributed by atoms with Gasteiger partial charge >= 0.3 is 6.18 Å². The number of nitrogens with two attached hydrogens (primary N) is 1. The van der Waals surface area contributed by atoms with Crippen molar-refractivity contribution in [2.45, 2.75) is 26.1 Å². The molecule has 0 unspecified atom stereocenters. The first-order chi connectivity index (χ1) is 14.1. The smallest absolute Gasteiger partial charge is 0.433 e. The van der Waals surface area contributed by atoms with E-state index in [0.717, 1.165) is 6.07 Å². The lowest BCUT2D eigenvalue weighted by atomic mass is 10.1. The minimum Gasteiger partial charge on any atom is -0.494 e. The number of carbonyl (C=O) groups excluding carboxylic acids is 1. The van der Waals surface area contributed by atoms with Gasteiger partial charge in [-0.2, -0.15) is 13.2 Å². The summed E-state index contributed by atoms with van der Waals surface area (Å²) in [5.41, 5.74) is 5.34. The van der Waals surface area contributed by atoms with Crippen molar-refractivity contribution in [3.8, 4) is 17.2 Å². The lowest BCUT2D eigenvalue weighted by Crippen LogP contribution is -2.28. The van der Waals surface area contributed by atoms with Gasteiger partial charge in [-0.25, -0.2) is 9.97 Å². The van der Waals surface area contributed by atoms with Gasteiger partial charge in [-0.3, -0.25) is 4.79 Å². The Labute approximate surface area is 170 Å². The van der Waals surface area contributed by atoms with Crippen molar-refractivity contribution < 1.29 is 27.1 Å². The van der Waals surface area contributed by atoms with Crippen molar-refractivity contribution in [2.75, 3.05) is 20.7 Å². The summed E-state index contributed by atoms with van der Waals surface area (Å²) in [5.74, 6) is 0.0550. The van der Waals surface area contributed by atoms with Crippen molar-refractivity contribution in [1.82, 2.24) is 14.9 Å². The molecule has 7 nitrogen and oxygen atoms in total. The van der Waals surface area contributed by atoms with E-state index in [1.165, 1.54) is 24.1 Å². The molecule has 0 saturated heterocycles. The number of amides is 1. The number of methoxy groups -OCH3 is 1. The molecule has 0 saturated carbocycles. The first-order valence-electron chi connectivity index (χ1n) is 9.15. The Balaban J connectivity index is 2.23. The highest BCUT2D eigenvalue weighted by atomic mass is 19.4. The maximum atomic E-state index is 13.1. The first kappa shape index (κ1) is 21.6. The number of benzene rings is 1. The number of oxazole rings is 1. The van der Waals surface area contributed by atoms with Crippen LogP contribution in [0.15, 0.2) is 28.7 Å². The minimum atomic E-state index is -4.61. The number of fused-ring (bicyclic) bond motifs is 1. The third-order valence-corrected chi connectivity index (χ3v) is 4.65. The van der Waals surface area contributed by atoms with Gasteiger partial charge in [0.2, 0.25) is 5.89 Å². The van der Waals surface area contributed by atoms with Gasteiger partial charge < -0.3 is 19.8 Å². The highest BCUT2D eigenvalue weighted by molar-refractivity contribution is 5.98. The summed E-state index contributed by atoms with van der Waals surface area (Å²) in [5, 5.41) is 0.336. The highest BCUT2D eigenvalue weighted by Gasteiger charge is 2.33. The van der Waals surface area contributed by atoms with Crippen molar-refractivity contribution in [3.05, 3.63) is 41.4 Å². The molecule has 0 aliphatic rings. The number of carbonyl (C=O) groups is 1. The van der Waals surface area contributed by atoms with Gasteiger partial charge in [-0.1, -0.05) is 0 Å². The van der Waals surface area contributed by atoms with E-state index in [9.17, 15) is 18.0 Å². The standard InChI is InChI=1S/C20H21F3N4O3/c1-5-27(3)19(28)16-17(10(2)24)30-18(26-16)12-6-8-13(29-4)15-11(12)7-9-14(25-15)20(21,22)23/h6-10H,5,24H2,1-4H3/t10-/m0/s1. The largest absolute Gasteiger partial charge is 0.494 e. The second-order valence-corrected chi connectivity index (χ2v) is 6.75. The van der Waals surface area contributed by atoms with Crippen LogP contribution in [0.5, 0.6) is 5.75 Å². The molecule has 1 amide bonds. The average molecular weight is 422 g/mol. The minimum absolute atomic E-state index is 0.00363. The van der Waals surface area contributed by atoms with E-state index >= 15 is 0 Å². The van der Waals surface area contributed by atoms with Crippen LogP contribution in [0.25, 0.3) is 22.4 Å². The summed E-state index contributed by atoms with van der Waals surface area (Å²) < 4.78 is 50.3. The number of pyridine rings is 1. The Morgan fingerprint density at radius 3 is 2.53 bits per heavy atom. The Hall–Kier alpha value is -3.14. The molecule has 160 valence electrons. The monoisotopic (exact) mass is 422 g/mol. The van der Waals surface area contributed by atoms with Crippen LogP contribution in [-0.2, 0) is 6.18 Å². The Morgan fingerprint density at radius 1 is 1.27 bits per heavy atom. The molecule has 2 heterocycles. The van der Waals surface area contributed by atoms with Crippen molar-refractivity contribution in [2.24, 2.45) is 5.73 Å². The molecular weight excluding hydrogens is 401 g/mol. The van der Waals surface area contributed by atoms with Crippen molar-refractivity contribution in [3.63, 3.8) is 0 Å². The predicted molar refractivity (Wildman–Crippen MR) is 104 cm³/mol. The van der Waals surface area contributed by atoms with Crippen LogP contribution < -0.4 is 10.5 Å². The van der Waals surface area contributed by atoms with Gasteiger partial charge in [0.1, 0.15) is 17.0 Å². The number of rotatable bonds is 5. The van der Waals surface area contributed by atoms with Crippen LogP contribution in [0.3, 0.4) is 0 Å². The van der Waals surface area contributed by atoms with Gasteiger partial charge in [0.05, 0.1) is 13.2 Å². The quantitative estimate of drug-likeness (QED) is 0.667. The average Bonchev–Trinajstić information content (AvgIpc) is 3.16. The van der Waals surface area contributed by atoms with Crippen molar-refractivity contribution in [1.29, 1.82) is 0 Å². The van der Waals surface area contributed by atoms with Crippen LogP contribution in [0.4, 0.5) is 13.2 Å².